The van der Waals surface area contributed by atoms with E-state index in [0.29, 0.717) is 48.7 Å². The number of carbonyl (C=O) groups excluding carboxylic acids is 1. The predicted molar refractivity (Wildman–Crippen MR) is 136 cm³/mol. The maximum atomic E-state index is 14.0. The molecule has 4 rings (SSSR count). The molecule has 0 saturated carbocycles. The minimum atomic E-state index is -3.57. The average Bonchev–Trinajstić information content (AvgIpc) is 3.26. The normalized spacial score (nSPS) is 18.1. The lowest BCUT2D eigenvalue weighted by molar-refractivity contribution is 0.159. The SMILES string of the molecule is COCCN1CC(NC(=O)Nc2ccc(S(C)(=O)=O)nc2-c2ccccc2)C(c2ccc(F)c(F)c2)C1. The molecule has 0 spiro atoms. The molecule has 0 radical (unpaired) electrons. The van der Waals surface area contributed by atoms with Gasteiger partial charge in [0.15, 0.2) is 26.5 Å². The van der Waals surface area contributed by atoms with E-state index in [2.05, 4.69) is 20.5 Å². The first-order chi connectivity index (χ1) is 17.7. The Morgan fingerprint density at radius 3 is 2.51 bits per heavy atom. The summed E-state index contributed by atoms with van der Waals surface area (Å²) in [6, 6.07) is 14.6. The molecule has 0 bridgehead atoms. The Morgan fingerprint density at radius 2 is 1.84 bits per heavy atom. The van der Waals surface area contributed by atoms with Crippen LogP contribution in [0, 0.1) is 11.6 Å². The number of sulfone groups is 1. The molecule has 1 aromatic heterocycles. The van der Waals surface area contributed by atoms with Gasteiger partial charge in [0, 0.05) is 44.5 Å². The Kier molecular flexibility index (Phi) is 8.16. The van der Waals surface area contributed by atoms with Crippen molar-refractivity contribution in [3.63, 3.8) is 0 Å². The number of halogens is 2. The molecule has 1 aliphatic heterocycles. The highest BCUT2D eigenvalue weighted by Crippen LogP contribution is 2.30. The van der Waals surface area contributed by atoms with Gasteiger partial charge >= 0.3 is 6.03 Å². The number of ether oxygens (including phenoxy) is 1. The van der Waals surface area contributed by atoms with Crippen LogP contribution in [0.5, 0.6) is 0 Å². The lowest BCUT2D eigenvalue weighted by Crippen LogP contribution is -2.42. The van der Waals surface area contributed by atoms with Crippen molar-refractivity contribution in [2.24, 2.45) is 0 Å². The molecule has 37 heavy (non-hydrogen) atoms. The number of nitrogens with zero attached hydrogens (tertiary/aromatic N) is 2. The molecule has 1 saturated heterocycles. The summed E-state index contributed by atoms with van der Waals surface area (Å²) in [6.07, 6.45) is 1.07. The molecule has 1 fully saturated rings. The number of pyridine rings is 1. The number of carbonyl (C=O) groups is 1. The molecule has 8 nitrogen and oxygen atoms in total. The first kappa shape index (κ1) is 26.6. The lowest BCUT2D eigenvalue weighted by atomic mass is 9.94. The molecule has 0 aliphatic carbocycles. The molecule has 2 atom stereocenters. The molecule has 2 unspecified atom stereocenters. The minimum absolute atomic E-state index is 0.111. The van der Waals surface area contributed by atoms with Gasteiger partial charge in [-0.1, -0.05) is 36.4 Å². The Bertz CT molecular complexity index is 1370. The number of aromatic nitrogens is 1. The number of nitrogens with one attached hydrogen (secondary N) is 2. The summed E-state index contributed by atoms with van der Waals surface area (Å²) in [5.41, 5.74) is 1.85. The monoisotopic (exact) mass is 530 g/mol. The van der Waals surface area contributed by atoms with E-state index in [9.17, 15) is 22.0 Å². The van der Waals surface area contributed by atoms with E-state index in [-0.39, 0.29) is 10.9 Å². The van der Waals surface area contributed by atoms with Crippen molar-refractivity contribution >= 4 is 21.6 Å². The van der Waals surface area contributed by atoms with E-state index in [1.165, 1.54) is 18.2 Å². The summed E-state index contributed by atoms with van der Waals surface area (Å²) in [5.74, 6) is -2.16. The number of hydrogen-bond acceptors (Lipinski definition) is 6. The second kappa shape index (κ2) is 11.3. The topological polar surface area (TPSA) is 101 Å². The number of benzene rings is 2. The maximum Gasteiger partial charge on any atom is 0.319 e. The van der Waals surface area contributed by atoms with Crippen molar-refractivity contribution in [3.8, 4) is 11.3 Å². The van der Waals surface area contributed by atoms with Crippen molar-refractivity contribution in [2.75, 3.05) is 44.9 Å². The highest BCUT2D eigenvalue weighted by Gasteiger charge is 2.35. The van der Waals surface area contributed by atoms with Crippen LogP contribution in [0.2, 0.25) is 0 Å². The van der Waals surface area contributed by atoms with E-state index in [4.69, 9.17) is 4.74 Å². The summed E-state index contributed by atoms with van der Waals surface area (Å²) in [7, 11) is -1.97. The zero-order chi connectivity index (χ0) is 26.6. The number of rotatable bonds is 8. The minimum Gasteiger partial charge on any atom is -0.383 e. The van der Waals surface area contributed by atoms with E-state index in [1.807, 2.05) is 6.07 Å². The molecule has 196 valence electrons. The van der Waals surface area contributed by atoms with E-state index >= 15 is 0 Å². The fourth-order valence-corrected chi connectivity index (χ4v) is 4.98. The Balaban J connectivity index is 1.58. The van der Waals surface area contributed by atoms with Crippen molar-refractivity contribution < 1.29 is 26.7 Å². The number of methoxy groups -OCH3 is 1. The summed E-state index contributed by atoms with van der Waals surface area (Å²) in [6.45, 7) is 2.12. The van der Waals surface area contributed by atoms with Crippen LogP contribution in [0.1, 0.15) is 11.5 Å². The van der Waals surface area contributed by atoms with Gasteiger partial charge < -0.3 is 15.4 Å². The zero-order valence-corrected chi connectivity index (χ0v) is 21.3. The Morgan fingerprint density at radius 1 is 1.08 bits per heavy atom. The molecule has 2 N–H and O–H groups in total. The van der Waals surface area contributed by atoms with Gasteiger partial charge in [0.05, 0.1) is 24.0 Å². The quantitative estimate of drug-likeness (QED) is 0.461. The number of urea groups is 1. The molecule has 3 aromatic rings. The molecule has 11 heteroatoms. The van der Waals surface area contributed by atoms with Gasteiger partial charge in [-0.25, -0.2) is 27.0 Å². The van der Waals surface area contributed by atoms with Gasteiger partial charge in [-0.05, 0) is 29.8 Å². The van der Waals surface area contributed by atoms with Gasteiger partial charge in [-0.15, -0.1) is 0 Å². The Labute approximate surface area is 214 Å². The van der Waals surface area contributed by atoms with E-state index in [1.54, 1.807) is 31.4 Å². The standard InChI is InChI=1S/C26H28F2N4O4S/c1-36-13-12-32-15-19(18-8-9-20(27)21(28)14-18)23(16-32)30-26(33)29-22-10-11-24(37(2,34)35)31-25(22)17-6-4-3-5-7-17/h3-11,14,19,23H,12-13,15-16H2,1-2H3,(H2,29,30,33). The summed E-state index contributed by atoms with van der Waals surface area (Å²) in [4.78, 5) is 19.5. The maximum absolute atomic E-state index is 14.0. The number of likely N-dealkylation sites (tertiary alicyclic amines) is 1. The number of anilines is 1. The van der Waals surface area contributed by atoms with Crippen LogP contribution < -0.4 is 10.6 Å². The highest BCUT2D eigenvalue weighted by molar-refractivity contribution is 7.90. The second-order valence-electron chi connectivity index (χ2n) is 8.92. The van der Waals surface area contributed by atoms with Gasteiger partial charge in [0.1, 0.15) is 0 Å². The van der Waals surface area contributed by atoms with Gasteiger partial charge in [-0.2, -0.15) is 0 Å². The highest BCUT2D eigenvalue weighted by atomic mass is 32.2. The van der Waals surface area contributed by atoms with Crippen LogP contribution in [0.3, 0.4) is 0 Å². The third-order valence-corrected chi connectivity index (χ3v) is 7.23. The summed E-state index contributed by atoms with van der Waals surface area (Å²) >= 11 is 0. The van der Waals surface area contributed by atoms with Crippen LogP contribution in [0.15, 0.2) is 65.7 Å². The molecular weight excluding hydrogens is 502 g/mol. The average molecular weight is 531 g/mol. The Hall–Kier alpha value is -3.41. The fraction of sp³-hybridized carbons (Fsp3) is 0.308. The van der Waals surface area contributed by atoms with Gasteiger partial charge in [0.2, 0.25) is 0 Å². The molecule has 2 heterocycles. The van der Waals surface area contributed by atoms with Crippen LogP contribution in [0.4, 0.5) is 19.3 Å². The van der Waals surface area contributed by atoms with Crippen LogP contribution in [0.25, 0.3) is 11.3 Å². The summed E-state index contributed by atoms with van der Waals surface area (Å²) < 4.78 is 56.8. The van der Waals surface area contributed by atoms with Gasteiger partial charge in [-0.3, -0.25) is 4.90 Å². The molecule has 1 aliphatic rings. The first-order valence-corrected chi connectivity index (χ1v) is 13.5. The number of amides is 2. The van der Waals surface area contributed by atoms with Crippen molar-refractivity contribution in [1.29, 1.82) is 0 Å². The van der Waals surface area contributed by atoms with Crippen LogP contribution >= 0.6 is 0 Å². The predicted octanol–water partition coefficient (Wildman–Crippen LogP) is 3.67. The van der Waals surface area contributed by atoms with Crippen LogP contribution in [-0.2, 0) is 14.6 Å². The van der Waals surface area contributed by atoms with E-state index < -0.39 is 33.5 Å². The fourth-order valence-electron chi connectivity index (χ4n) is 4.41. The third kappa shape index (κ3) is 6.48. The smallest absolute Gasteiger partial charge is 0.319 e. The van der Waals surface area contributed by atoms with Crippen LogP contribution in [-0.4, -0.2) is 70.0 Å². The zero-order valence-electron chi connectivity index (χ0n) is 20.4. The second-order valence-corrected chi connectivity index (χ2v) is 10.9. The van der Waals surface area contributed by atoms with E-state index in [0.717, 1.165) is 18.4 Å². The van der Waals surface area contributed by atoms with Crippen molar-refractivity contribution in [2.45, 2.75) is 17.0 Å². The largest absolute Gasteiger partial charge is 0.383 e. The first-order valence-electron chi connectivity index (χ1n) is 11.7. The molecule has 2 amide bonds. The van der Waals surface area contributed by atoms with Gasteiger partial charge in [0.25, 0.3) is 0 Å². The lowest BCUT2D eigenvalue weighted by Gasteiger charge is -2.21. The third-order valence-electron chi connectivity index (χ3n) is 6.24. The van der Waals surface area contributed by atoms with Crippen molar-refractivity contribution in [1.82, 2.24) is 15.2 Å². The summed E-state index contributed by atoms with van der Waals surface area (Å²) in [5, 5.41) is 5.61. The molecule has 2 aromatic carbocycles. The van der Waals surface area contributed by atoms with Crippen molar-refractivity contribution in [3.05, 3.63) is 77.9 Å². The number of hydrogen-bond donors (Lipinski definition) is 2. The molecular formula is C26H28F2N4O4S.